The van der Waals surface area contributed by atoms with Crippen LogP contribution in [-0.4, -0.2) is 28.8 Å². The van der Waals surface area contributed by atoms with Crippen LogP contribution in [0.4, 0.5) is 18.9 Å². The Morgan fingerprint density at radius 2 is 2.00 bits per heavy atom. The second-order valence-corrected chi connectivity index (χ2v) is 5.38. The first-order chi connectivity index (χ1) is 11.0. The van der Waals surface area contributed by atoms with Crippen LogP contribution in [0.3, 0.4) is 0 Å². The van der Waals surface area contributed by atoms with Crippen molar-refractivity contribution in [3.8, 4) is 0 Å². The molecule has 1 atom stereocenters. The zero-order chi connectivity index (χ0) is 16.4. The molecule has 1 aliphatic heterocycles. The topological polar surface area (TPSA) is 59.0 Å². The van der Waals surface area contributed by atoms with Gasteiger partial charge < -0.3 is 10.6 Å². The molecule has 0 aliphatic carbocycles. The summed E-state index contributed by atoms with van der Waals surface area (Å²) in [7, 11) is 0. The fourth-order valence-electron chi connectivity index (χ4n) is 2.53. The van der Waals surface area contributed by atoms with Gasteiger partial charge in [0.2, 0.25) is 0 Å². The number of hydrogen-bond donors (Lipinski definition) is 2. The van der Waals surface area contributed by atoms with E-state index in [-0.39, 0.29) is 24.1 Å². The number of carbonyl (C=O) groups is 1. The second kappa shape index (κ2) is 7.67. The molecular weight excluding hydrogens is 345 g/mol. The van der Waals surface area contributed by atoms with Crippen molar-refractivity contribution in [1.29, 1.82) is 0 Å². The van der Waals surface area contributed by atoms with Gasteiger partial charge in [-0.3, -0.25) is 9.48 Å². The highest BCUT2D eigenvalue weighted by atomic mass is 35.5. The Bertz CT molecular complexity index is 732. The molecule has 1 fully saturated rings. The average Bonchev–Trinajstić information content (AvgIpc) is 3.03. The van der Waals surface area contributed by atoms with Gasteiger partial charge in [-0.05, 0) is 25.5 Å². The molecule has 130 valence electrons. The Kier molecular flexibility index (Phi) is 5.84. The predicted octanol–water partition coefficient (Wildman–Crippen LogP) is 2.90. The molecule has 5 nitrogen and oxygen atoms in total. The number of carbonyl (C=O) groups excluding carboxylic acids is 1. The molecule has 1 aromatic carbocycles. The van der Waals surface area contributed by atoms with Crippen molar-refractivity contribution < 1.29 is 18.0 Å². The zero-order valence-electron chi connectivity index (χ0n) is 12.6. The van der Waals surface area contributed by atoms with Gasteiger partial charge in [-0.15, -0.1) is 12.4 Å². The van der Waals surface area contributed by atoms with Crippen molar-refractivity contribution in [3.63, 3.8) is 0 Å². The molecule has 24 heavy (non-hydrogen) atoms. The number of halogens is 4. The molecule has 1 aliphatic rings. The van der Waals surface area contributed by atoms with E-state index in [1.165, 1.54) is 6.07 Å². The Hall–Kier alpha value is -2.06. The fourth-order valence-corrected chi connectivity index (χ4v) is 2.53. The summed E-state index contributed by atoms with van der Waals surface area (Å²) in [5.41, 5.74) is -0.345. The minimum Gasteiger partial charge on any atom is -0.318 e. The number of nitrogens with one attached hydrogen (secondary N) is 2. The largest absolute Gasteiger partial charge is 0.318 e. The molecular formula is C15H16ClF3N4O. The van der Waals surface area contributed by atoms with Crippen LogP contribution < -0.4 is 10.6 Å². The summed E-state index contributed by atoms with van der Waals surface area (Å²) < 4.78 is 41.2. The third-order valence-corrected chi connectivity index (χ3v) is 3.74. The summed E-state index contributed by atoms with van der Waals surface area (Å²) in [4.78, 5) is 12.1. The summed E-state index contributed by atoms with van der Waals surface area (Å²) in [6.45, 7) is 1.72. The maximum atomic E-state index is 13.5. The van der Waals surface area contributed by atoms with Gasteiger partial charge in [-0.25, -0.2) is 13.2 Å². The predicted molar refractivity (Wildman–Crippen MR) is 84.9 cm³/mol. The lowest BCUT2D eigenvalue weighted by molar-refractivity contribution is 0.102. The molecule has 0 radical (unpaired) electrons. The fraction of sp³-hybridized carbons (Fsp3) is 0.333. The van der Waals surface area contributed by atoms with E-state index < -0.39 is 29.0 Å². The van der Waals surface area contributed by atoms with E-state index in [0.717, 1.165) is 25.9 Å². The molecule has 1 saturated heterocycles. The minimum atomic E-state index is -1.31. The van der Waals surface area contributed by atoms with Gasteiger partial charge in [-0.1, -0.05) is 0 Å². The number of rotatable bonds is 3. The Labute approximate surface area is 142 Å². The van der Waals surface area contributed by atoms with Crippen LogP contribution >= 0.6 is 12.4 Å². The third-order valence-electron chi connectivity index (χ3n) is 3.74. The van der Waals surface area contributed by atoms with Crippen LogP contribution in [0.15, 0.2) is 24.4 Å². The van der Waals surface area contributed by atoms with E-state index in [4.69, 9.17) is 0 Å². The first-order valence-corrected chi connectivity index (χ1v) is 7.26. The van der Waals surface area contributed by atoms with E-state index in [2.05, 4.69) is 15.7 Å². The monoisotopic (exact) mass is 360 g/mol. The Balaban J connectivity index is 0.00000208. The van der Waals surface area contributed by atoms with Gasteiger partial charge in [0, 0.05) is 24.9 Å². The quantitative estimate of drug-likeness (QED) is 0.827. The smallest absolute Gasteiger partial charge is 0.276 e. The zero-order valence-corrected chi connectivity index (χ0v) is 13.4. The van der Waals surface area contributed by atoms with Gasteiger partial charge in [0.1, 0.15) is 5.82 Å². The van der Waals surface area contributed by atoms with E-state index >= 15 is 0 Å². The van der Waals surface area contributed by atoms with Gasteiger partial charge in [0.05, 0.1) is 11.7 Å². The maximum Gasteiger partial charge on any atom is 0.276 e. The highest BCUT2D eigenvalue weighted by molar-refractivity contribution is 6.02. The van der Waals surface area contributed by atoms with Crippen LogP contribution in [-0.2, 0) is 0 Å². The van der Waals surface area contributed by atoms with Gasteiger partial charge in [0.25, 0.3) is 5.91 Å². The average molecular weight is 361 g/mol. The van der Waals surface area contributed by atoms with Crippen LogP contribution in [0, 0.1) is 17.5 Å². The molecule has 9 heteroatoms. The summed E-state index contributed by atoms with van der Waals surface area (Å²) >= 11 is 0. The van der Waals surface area contributed by atoms with Crippen molar-refractivity contribution >= 4 is 24.0 Å². The minimum absolute atomic E-state index is 0. The number of anilines is 1. The molecule has 0 spiro atoms. The molecule has 0 bridgehead atoms. The normalized spacial score (nSPS) is 17.2. The molecule has 2 aromatic rings. The van der Waals surface area contributed by atoms with Crippen molar-refractivity contribution in [3.05, 3.63) is 47.5 Å². The summed E-state index contributed by atoms with van der Waals surface area (Å²) in [6, 6.07) is 2.65. The molecule has 3 rings (SSSR count). The third kappa shape index (κ3) is 3.88. The maximum absolute atomic E-state index is 13.5. The number of piperidine rings is 1. The number of nitrogens with zero attached hydrogens (tertiary/aromatic N) is 2. The van der Waals surface area contributed by atoms with Gasteiger partial charge in [0.15, 0.2) is 17.3 Å². The number of aromatic nitrogens is 2. The van der Waals surface area contributed by atoms with Crippen LogP contribution in [0.25, 0.3) is 0 Å². The van der Waals surface area contributed by atoms with Gasteiger partial charge in [-0.2, -0.15) is 5.10 Å². The van der Waals surface area contributed by atoms with Crippen LogP contribution in [0.1, 0.15) is 29.4 Å². The Morgan fingerprint density at radius 1 is 1.25 bits per heavy atom. The van der Waals surface area contributed by atoms with Crippen molar-refractivity contribution in [2.45, 2.75) is 18.9 Å². The lowest BCUT2D eigenvalue weighted by atomic mass is 10.1. The van der Waals surface area contributed by atoms with Crippen molar-refractivity contribution in [2.75, 3.05) is 18.4 Å². The molecule has 2 heterocycles. The standard InChI is InChI=1S/C15H15F3N4O.ClH/c16-10-6-12(18)14(7-11(10)17)20-15(23)13-3-5-22(21-13)9-2-1-4-19-8-9;/h3,5-7,9,19H,1-2,4,8H2,(H,20,23);1H. The Morgan fingerprint density at radius 3 is 2.71 bits per heavy atom. The van der Waals surface area contributed by atoms with Gasteiger partial charge >= 0.3 is 0 Å². The molecule has 2 N–H and O–H groups in total. The van der Waals surface area contributed by atoms with E-state index in [9.17, 15) is 18.0 Å². The lowest BCUT2D eigenvalue weighted by Gasteiger charge is -2.22. The SMILES string of the molecule is Cl.O=C(Nc1cc(F)c(F)cc1F)c1ccn(C2CCCNC2)n1. The summed E-state index contributed by atoms with van der Waals surface area (Å²) in [5.74, 6) is -4.28. The number of benzene rings is 1. The second-order valence-electron chi connectivity index (χ2n) is 5.38. The summed E-state index contributed by atoms with van der Waals surface area (Å²) in [5, 5.41) is 9.62. The molecule has 1 amide bonds. The number of hydrogen-bond acceptors (Lipinski definition) is 3. The summed E-state index contributed by atoms with van der Waals surface area (Å²) in [6.07, 6.45) is 3.65. The van der Waals surface area contributed by atoms with Crippen LogP contribution in [0.5, 0.6) is 0 Å². The first kappa shape index (κ1) is 18.3. The highest BCUT2D eigenvalue weighted by Crippen LogP contribution is 2.20. The lowest BCUT2D eigenvalue weighted by Crippen LogP contribution is -2.32. The highest BCUT2D eigenvalue weighted by Gasteiger charge is 2.19. The molecule has 1 unspecified atom stereocenters. The number of amides is 1. The molecule has 1 aromatic heterocycles. The van der Waals surface area contributed by atoms with E-state index in [1.54, 1.807) is 10.9 Å². The first-order valence-electron chi connectivity index (χ1n) is 7.26. The van der Waals surface area contributed by atoms with Crippen LogP contribution in [0.2, 0.25) is 0 Å². The van der Waals surface area contributed by atoms with E-state index in [1.807, 2.05) is 0 Å². The van der Waals surface area contributed by atoms with Crippen molar-refractivity contribution in [1.82, 2.24) is 15.1 Å². The van der Waals surface area contributed by atoms with Crippen molar-refractivity contribution in [2.24, 2.45) is 0 Å². The molecule has 0 saturated carbocycles. The van der Waals surface area contributed by atoms with E-state index in [0.29, 0.717) is 12.1 Å².